The van der Waals surface area contributed by atoms with Crippen molar-refractivity contribution in [2.45, 2.75) is 12.7 Å². The Morgan fingerprint density at radius 3 is 2.59 bits per heavy atom. The van der Waals surface area contributed by atoms with Gasteiger partial charge in [-0.2, -0.15) is 13.2 Å². The molecule has 0 aliphatic heterocycles. The van der Waals surface area contributed by atoms with Gasteiger partial charge in [0.2, 0.25) is 0 Å². The number of carbonyl (C=O) groups is 1. The zero-order chi connectivity index (χ0) is 22.6. The molecule has 0 spiro atoms. The van der Waals surface area contributed by atoms with Crippen LogP contribution < -0.4 is 10.6 Å². The fourth-order valence-corrected chi connectivity index (χ4v) is 3.05. The van der Waals surface area contributed by atoms with Crippen molar-refractivity contribution < 1.29 is 18.0 Å². The second-order valence-corrected chi connectivity index (χ2v) is 6.74. The molecule has 3 heterocycles. The third-order valence-corrected chi connectivity index (χ3v) is 4.56. The van der Waals surface area contributed by atoms with Gasteiger partial charge in [0.15, 0.2) is 0 Å². The highest BCUT2D eigenvalue weighted by Crippen LogP contribution is 2.31. The number of hydrogen-bond acceptors (Lipinski definition) is 5. The van der Waals surface area contributed by atoms with Crippen LogP contribution in [0.15, 0.2) is 79.6 Å². The molecule has 0 aliphatic carbocycles. The number of imidazole rings is 1. The Morgan fingerprint density at radius 1 is 1.00 bits per heavy atom. The number of hydrogen-bond donors (Lipinski definition) is 2. The van der Waals surface area contributed by atoms with E-state index in [9.17, 15) is 18.0 Å². The topological polar surface area (TPSA) is 84.7 Å². The highest BCUT2D eigenvalue weighted by molar-refractivity contribution is 5.99. The number of nitrogens with zero attached hydrogens (tertiary/aromatic N) is 4. The van der Waals surface area contributed by atoms with Crippen LogP contribution in [0.5, 0.6) is 0 Å². The van der Waals surface area contributed by atoms with Gasteiger partial charge >= 0.3 is 6.18 Å². The Balaban J connectivity index is 1.52. The first-order valence-electron chi connectivity index (χ1n) is 9.51. The van der Waals surface area contributed by atoms with Crippen LogP contribution in [0, 0.1) is 0 Å². The first kappa shape index (κ1) is 21.0. The number of halogens is 3. The van der Waals surface area contributed by atoms with Gasteiger partial charge in [0.1, 0.15) is 18.0 Å². The molecule has 162 valence electrons. The SMILES string of the molecule is O=C(NCc1cccnc1-n1ccnc1)c1cccnc1Nc1cccc(C(F)(F)F)c1. The molecule has 4 rings (SSSR count). The number of aromatic nitrogens is 4. The zero-order valence-electron chi connectivity index (χ0n) is 16.5. The molecule has 4 aromatic rings. The Morgan fingerprint density at radius 2 is 1.81 bits per heavy atom. The molecular formula is C22H17F3N6O. The molecule has 0 unspecified atom stereocenters. The third-order valence-electron chi connectivity index (χ3n) is 4.56. The summed E-state index contributed by atoms with van der Waals surface area (Å²) in [5.41, 5.74) is 0.323. The van der Waals surface area contributed by atoms with Crippen LogP contribution in [0.4, 0.5) is 24.7 Å². The number of alkyl halides is 3. The molecule has 0 aliphatic rings. The molecule has 1 amide bonds. The predicted octanol–water partition coefficient (Wildman–Crippen LogP) is 4.35. The Kier molecular flexibility index (Phi) is 5.84. The van der Waals surface area contributed by atoms with E-state index in [-0.39, 0.29) is 23.6 Å². The lowest BCUT2D eigenvalue weighted by molar-refractivity contribution is -0.137. The fourth-order valence-electron chi connectivity index (χ4n) is 3.05. The number of amides is 1. The van der Waals surface area contributed by atoms with Crippen LogP contribution in [0.2, 0.25) is 0 Å². The lowest BCUT2D eigenvalue weighted by Crippen LogP contribution is -2.24. The van der Waals surface area contributed by atoms with E-state index >= 15 is 0 Å². The Bertz CT molecular complexity index is 1220. The van der Waals surface area contributed by atoms with Gasteiger partial charge < -0.3 is 10.6 Å². The van der Waals surface area contributed by atoms with E-state index in [0.29, 0.717) is 5.82 Å². The molecule has 10 heteroatoms. The molecule has 0 saturated carbocycles. The minimum Gasteiger partial charge on any atom is -0.348 e. The number of nitrogens with one attached hydrogen (secondary N) is 2. The van der Waals surface area contributed by atoms with Gasteiger partial charge in [-0.3, -0.25) is 9.36 Å². The lowest BCUT2D eigenvalue weighted by Gasteiger charge is -2.14. The van der Waals surface area contributed by atoms with E-state index in [2.05, 4.69) is 25.6 Å². The van der Waals surface area contributed by atoms with E-state index in [1.54, 1.807) is 41.6 Å². The van der Waals surface area contributed by atoms with Gasteiger partial charge in [-0.05, 0) is 36.4 Å². The van der Waals surface area contributed by atoms with E-state index in [1.165, 1.54) is 24.4 Å². The van der Waals surface area contributed by atoms with E-state index in [0.717, 1.165) is 17.7 Å². The average Bonchev–Trinajstić information content (AvgIpc) is 3.32. The van der Waals surface area contributed by atoms with Crippen LogP contribution in [-0.4, -0.2) is 25.4 Å². The highest BCUT2D eigenvalue weighted by atomic mass is 19.4. The minimum absolute atomic E-state index is 0.144. The quantitative estimate of drug-likeness (QED) is 0.468. The zero-order valence-corrected chi connectivity index (χ0v) is 16.5. The number of carbonyl (C=O) groups excluding carboxylic acids is 1. The first-order chi connectivity index (χ1) is 15.4. The van der Waals surface area contributed by atoms with Crippen LogP contribution >= 0.6 is 0 Å². The predicted molar refractivity (Wildman–Crippen MR) is 111 cm³/mol. The maximum absolute atomic E-state index is 13.0. The van der Waals surface area contributed by atoms with Crippen molar-refractivity contribution >= 4 is 17.4 Å². The summed E-state index contributed by atoms with van der Waals surface area (Å²) in [6, 6.07) is 11.4. The molecule has 7 nitrogen and oxygen atoms in total. The number of benzene rings is 1. The maximum atomic E-state index is 13.0. The molecular weight excluding hydrogens is 421 g/mol. The molecule has 0 bridgehead atoms. The van der Waals surface area contributed by atoms with Crippen molar-refractivity contribution in [3.05, 3.63) is 96.3 Å². The van der Waals surface area contributed by atoms with Crippen LogP contribution in [-0.2, 0) is 12.7 Å². The summed E-state index contributed by atoms with van der Waals surface area (Å²) in [4.78, 5) is 25.3. The molecule has 3 aromatic heterocycles. The summed E-state index contributed by atoms with van der Waals surface area (Å²) in [6.07, 6.45) is 3.58. The molecule has 0 radical (unpaired) electrons. The minimum atomic E-state index is -4.47. The van der Waals surface area contributed by atoms with Gasteiger partial charge in [0.05, 0.1) is 11.1 Å². The summed E-state index contributed by atoms with van der Waals surface area (Å²) < 4.78 is 40.7. The van der Waals surface area contributed by atoms with Crippen molar-refractivity contribution in [2.24, 2.45) is 0 Å². The number of pyridine rings is 2. The monoisotopic (exact) mass is 438 g/mol. The third kappa shape index (κ3) is 4.75. The molecule has 32 heavy (non-hydrogen) atoms. The van der Waals surface area contributed by atoms with Crippen molar-refractivity contribution in [3.63, 3.8) is 0 Å². The van der Waals surface area contributed by atoms with Crippen molar-refractivity contribution in [1.29, 1.82) is 0 Å². The highest BCUT2D eigenvalue weighted by Gasteiger charge is 2.30. The summed E-state index contributed by atoms with van der Waals surface area (Å²) >= 11 is 0. The van der Waals surface area contributed by atoms with Crippen molar-refractivity contribution in [3.8, 4) is 5.82 Å². The molecule has 0 saturated heterocycles. The van der Waals surface area contributed by atoms with Crippen molar-refractivity contribution in [2.75, 3.05) is 5.32 Å². The number of anilines is 2. The van der Waals surface area contributed by atoms with Crippen molar-refractivity contribution in [1.82, 2.24) is 24.8 Å². The first-order valence-corrected chi connectivity index (χ1v) is 9.51. The second kappa shape index (κ2) is 8.88. The number of rotatable bonds is 6. The van der Waals surface area contributed by atoms with Gasteiger partial charge in [-0.25, -0.2) is 15.0 Å². The van der Waals surface area contributed by atoms with Crippen LogP contribution in [0.25, 0.3) is 5.82 Å². The van der Waals surface area contributed by atoms with Gasteiger partial charge in [0, 0.05) is 42.6 Å². The lowest BCUT2D eigenvalue weighted by atomic mass is 10.1. The average molecular weight is 438 g/mol. The summed E-state index contributed by atoms with van der Waals surface area (Å²) in [5, 5.41) is 5.61. The van der Waals surface area contributed by atoms with Gasteiger partial charge in [-0.1, -0.05) is 12.1 Å². The van der Waals surface area contributed by atoms with Gasteiger partial charge in [0.25, 0.3) is 5.91 Å². The van der Waals surface area contributed by atoms with Crippen LogP contribution in [0.1, 0.15) is 21.5 Å². The summed E-state index contributed by atoms with van der Waals surface area (Å²) in [7, 11) is 0. The molecule has 1 aromatic carbocycles. The van der Waals surface area contributed by atoms with Crippen LogP contribution in [0.3, 0.4) is 0 Å². The smallest absolute Gasteiger partial charge is 0.348 e. The second-order valence-electron chi connectivity index (χ2n) is 6.74. The maximum Gasteiger partial charge on any atom is 0.416 e. The molecule has 0 fully saturated rings. The summed E-state index contributed by atoms with van der Waals surface area (Å²) in [6.45, 7) is 0.179. The van der Waals surface area contributed by atoms with E-state index in [4.69, 9.17) is 0 Å². The largest absolute Gasteiger partial charge is 0.416 e. The fraction of sp³-hybridized carbons (Fsp3) is 0.0909. The standard InChI is InChI=1S/C22H17F3N6O/c23-22(24,25)16-5-1-6-17(12-16)30-19-18(7-3-8-27-19)21(32)29-13-15-4-2-9-28-20(15)31-11-10-26-14-31/h1-12,14H,13H2,(H,27,30)(H,29,32). The van der Waals surface area contributed by atoms with Gasteiger partial charge in [-0.15, -0.1) is 0 Å². The molecule has 0 atom stereocenters. The Hall–Kier alpha value is -4.21. The Labute approximate surface area is 181 Å². The summed E-state index contributed by atoms with van der Waals surface area (Å²) in [5.74, 6) is 0.331. The normalized spacial score (nSPS) is 11.2. The van der Waals surface area contributed by atoms with E-state index in [1.807, 2.05) is 6.07 Å². The molecule has 2 N–H and O–H groups in total. The van der Waals surface area contributed by atoms with E-state index < -0.39 is 17.6 Å².